The average molecular weight is 257 g/mol. The van der Waals surface area contributed by atoms with Gasteiger partial charge in [0.2, 0.25) is 0 Å². The third-order valence-corrected chi connectivity index (χ3v) is 3.60. The molecule has 0 unspecified atom stereocenters. The van der Waals surface area contributed by atoms with Crippen LogP contribution in [0.3, 0.4) is 0 Å². The number of hydrogen-bond donors (Lipinski definition) is 1. The third-order valence-electron chi connectivity index (χ3n) is 2.67. The first-order chi connectivity index (χ1) is 8.90. The maximum atomic E-state index is 10.9. The second-order valence-corrected chi connectivity index (χ2v) is 4.92. The Hall–Kier alpha value is -1.67. The van der Waals surface area contributed by atoms with E-state index in [0.29, 0.717) is 0 Å². The highest BCUT2D eigenvalue weighted by Crippen LogP contribution is 2.20. The van der Waals surface area contributed by atoms with Gasteiger partial charge in [0.1, 0.15) is 5.94 Å². The highest BCUT2D eigenvalue weighted by atomic mass is 32.1. The van der Waals surface area contributed by atoms with E-state index in [9.17, 15) is 4.79 Å². The Kier molecular flexibility index (Phi) is 4.91. The SMILES string of the molecule is O=C=C(CCNCc1ccccc1)c1cccs1. The summed E-state index contributed by atoms with van der Waals surface area (Å²) < 4.78 is 0. The lowest BCUT2D eigenvalue weighted by Gasteiger charge is -2.04. The maximum Gasteiger partial charge on any atom is 0.129 e. The summed E-state index contributed by atoms with van der Waals surface area (Å²) in [4.78, 5) is 11.9. The molecule has 0 bridgehead atoms. The molecule has 0 spiro atoms. The number of thiophene rings is 1. The van der Waals surface area contributed by atoms with E-state index >= 15 is 0 Å². The molecule has 92 valence electrons. The molecule has 2 aromatic rings. The largest absolute Gasteiger partial charge is 0.312 e. The van der Waals surface area contributed by atoms with Crippen molar-refractivity contribution < 1.29 is 4.79 Å². The van der Waals surface area contributed by atoms with Crippen molar-refractivity contribution in [3.8, 4) is 0 Å². The number of nitrogens with one attached hydrogen (secondary N) is 1. The molecule has 1 aromatic carbocycles. The molecule has 2 nitrogen and oxygen atoms in total. The van der Waals surface area contributed by atoms with E-state index in [4.69, 9.17) is 0 Å². The highest BCUT2D eigenvalue weighted by Gasteiger charge is 2.03. The Morgan fingerprint density at radius 1 is 1.17 bits per heavy atom. The molecule has 0 saturated heterocycles. The van der Waals surface area contributed by atoms with E-state index in [2.05, 4.69) is 17.4 Å². The second kappa shape index (κ2) is 6.92. The molecule has 2 rings (SSSR count). The predicted octanol–water partition coefficient (Wildman–Crippen LogP) is 3.14. The first-order valence-corrected chi connectivity index (χ1v) is 6.80. The molecule has 0 amide bonds. The molecule has 0 aliphatic rings. The van der Waals surface area contributed by atoms with Crippen LogP contribution in [0.4, 0.5) is 0 Å². The topological polar surface area (TPSA) is 29.1 Å². The smallest absolute Gasteiger partial charge is 0.129 e. The number of rotatable bonds is 6. The molecular weight excluding hydrogens is 242 g/mol. The van der Waals surface area contributed by atoms with E-state index in [1.165, 1.54) is 5.56 Å². The first kappa shape index (κ1) is 12.8. The fourth-order valence-electron chi connectivity index (χ4n) is 1.72. The van der Waals surface area contributed by atoms with Crippen LogP contribution in [-0.4, -0.2) is 12.5 Å². The Morgan fingerprint density at radius 3 is 2.67 bits per heavy atom. The van der Waals surface area contributed by atoms with Gasteiger partial charge in [0.25, 0.3) is 0 Å². The monoisotopic (exact) mass is 257 g/mol. The van der Waals surface area contributed by atoms with Gasteiger partial charge in [-0.2, -0.15) is 0 Å². The van der Waals surface area contributed by atoms with Crippen LogP contribution in [-0.2, 0) is 11.3 Å². The van der Waals surface area contributed by atoms with Gasteiger partial charge in [0.15, 0.2) is 0 Å². The molecule has 1 aromatic heterocycles. The van der Waals surface area contributed by atoms with Crippen LogP contribution in [0, 0.1) is 0 Å². The van der Waals surface area contributed by atoms with Crippen molar-refractivity contribution in [1.82, 2.24) is 5.32 Å². The van der Waals surface area contributed by atoms with Crippen molar-refractivity contribution >= 4 is 22.9 Å². The van der Waals surface area contributed by atoms with Crippen molar-refractivity contribution in [2.45, 2.75) is 13.0 Å². The molecular formula is C15H15NOS. The van der Waals surface area contributed by atoms with Gasteiger partial charge in [-0.05, 0) is 23.4 Å². The van der Waals surface area contributed by atoms with Gasteiger partial charge in [-0.15, -0.1) is 11.3 Å². The van der Waals surface area contributed by atoms with E-state index < -0.39 is 0 Å². The van der Waals surface area contributed by atoms with E-state index in [1.807, 2.05) is 41.7 Å². The van der Waals surface area contributed by atoms with Gasteiger partial charge in [0, 0.05) is 18.0 Å². The zero-order valence-corrected chi connectivity index (χ0v) is 10.9. The van der Waals surface area contributed by atoms with E-state index in [0.717, 1.165) is 30.0 Å². The Balaban J connectivity index is 1.77. The zero-order valence-electron chi connectivity index (χ0n) is 10.1. The minimum atomic E-state index is 0.719. The summed E-state index contributed by atoms with van der Waals surface area (Å²) in [7, 11) is 0. The number of carbonyl (C=O) groups excluding carboxylic acids is 1. The predicted molar refractivity (Wildman–Crippen MR) is 76.2 cm³/mol. The van der Waals surface area contributed by atoms with Crippen molar-refractivity contribution in [1.29, 1.82) is 0 Å². The Bertz CT molecular complexity index is 513. The minimum Gasteiger partial charge on any atom is -0.312 e. The summed E-state index contributed by atoms with van der Waals surface area (Å²) in [5.41, 5.74) is 2.01. The normalized spacial score (nSPS) is 10.0. The summed E-state index contributed by atoms with van der Waals surface area (Å²) in [6, 6.07) is 14.1. The van der Waals surface area contributed by atoms with Crippen LogP contribution in [0.2, 0.25) is 0 Å². The van der Waals surface area contributed by atoms with Gasteiger partial charge >= 0.3 is 0 Å². The lowest BCUT2D eigenvalue weighted by atomic mass is 10.1. The zero-order chi connectivity index (χ0) is 12.6. The van der Waals surface area contributed by atoms with Gasteiger partial charge in [0.05, 0.1) is 5.57 Å². The molecule has 0 aliphatic heterocycles. The molecule has 0 atom stereocenters. The molecule has 3 heteroatoms. The lowest BCUT2D eigenvalue weighted by Crippen LogP contribution is -2.14. The average Bonchev–Trinajstić information content (AvgIpc) is 2.94. The van der Waals surface area contributed by atoms with Gasteiger partial charge in [-0.3, -0.25) is 0 Å². The van der Waals surface area contributed by atoms with E-state index in [1.54, 1.807) is 11.3 Å². The van der Waals surface area contributed by atoms with Crippen molar-refractivity contribution in [2.24, 2.45) is 0 Å². The minimum absolute atomic E-state index is 0.719. The van der Waals surface area contributed by atoms with Gasteiger partial charge < -0.3 is 5.32 Å². The second-order valence-electron chi connectivity index (χ2n) is 3.97. The standard InChI is InChI=1S/C15H15NOS/c17-12-14(15-7-4-10-18-15)8-9-16-11-13-5-2-1-3-6-13/h1-7,10,16H,8-9,11H2. The maximum absolute atomic E-state index is 10.9. The lowest BCUT2D eigenvalue weighted by molar-refractivity contribution is 0.568. The Morgan fingerprint density at radius 2 is 2.00 bits per heavy atom. The molecule has 1 heterocycles. The summed E-state index contributed by atoms with van der Waals surface area (Å²) in [5.74, 6) is 2.04. The van der Waals surface area contributed by atoms with Gasteiger partial charge in [-0.25, -0.2) is 4.79 Å². The molecule has 18 heavy (non-hydrogen) atoms. The van der Waals surface area contributed by atoms with Crippen LogP contribution in [0.15, 0.2) is 47.8 Å². The molecule has 0 aliphatic carbocycles. The molecule has 0 fully saturated rings. The van der Waals surface area contributed by atoms with Crippen LogP contribution < -0.4 is 5.32 Å². The van der Waals surface area contributed by atoms with E-state index in [-0.39, 0.29) is 0 Å². The fourth-order valence-corrected chi connectivity index (χ4v) is 2.46. The van der Waals surface area contributed by atoms with Crippen LogP contribution in [0.5, 0.6) is 0 Å². The van der Waals surface area contributed by atoms with Crippen molar-refractivity contribution in [3.63, 3.8) is 0 Å². The van der Waals surface area contributed by atoms with Crippen LogP contribution in [0.25, 0.3) is 5.57 Å². The quantitative estimate of drug-likeness (QED) is 0.636. The van der Waals surface area contributed by atoms with Gasteiger partial charge in [-0.1, -0.05) is 36.4 Å². The van der Waals surface area contributed by atoms with Crippen molar-refractivity contribution in [2.75, 3.05) is 6.54 Å². The van der Waals surface area contributed by atoms with Crippen molar-refractivity contribution in [3.05, 3.63) is 58.3 Å². The van der Waals surface area contributed by atoms with Crippen LogP contribution in [0.1, 0.15) is 16.9 Å². The molecule has 0 saturated carbocycles. The summed E-state index contributed by atoms with van der Waals surface area (Å²) >= 11 is 1.58. The summed E-state index contributed by atoms with van der Waals surface area (Å²) in [6.07, 6.45) is 0.719. The third kappa shape index (κ3) is 3.67. The first-order valence-electron chi connectivity index (χ1n) is 5.92. The molecule has 0 radical (unpaired) electrons. The molecule has 1 N–H and O–H groups in total. The fraction of sp³-hybridized carbons (Fsp3) is 0.200. The van der Waals surface area contributed by atoms with Crippen LogP contribution >= 0.6 is 11.3 Å². The number of benzene rings is 1. The number of hydrogen-bond acceptors (Lipinski definition) is 3. The Labute approximate surface area is 111 Å². The highest BCUT2D eigenvalue weighted by molar-refractivity contribution is 7.11. The summed E-state index contributed by atoms with van der Waals surface area (Å²) in [6.45, 7) is 1.62. The summed E-state index contributed by atoms with van der Waals surface area (Å²) in [5, 5.41) is 5.31.